The van der Waals surface area contributed by atoms with Crippen LogP contribution in [0.4, 0.5) is 0 Å². The van der Waals surface area contributed by atoms with Crippen LogP contribution in [0.25, 0.3) is 0 Å². The number of amides is 1. The summed E-state index contributed by atoms with van der Waals surface area (Å²) >= 11 is 0. The Morgan fingerprint density at radius 2 is 1.93 bits per heavy atom. The number of benzene rings is 2. The second kappa shape index (κ2) is 8.14. The molecule has 29 heavy (non-hydrogen) atoms. The molecular weight excluding hydrogens is 368 g/mol. The van der Waals surface area contributed by atoms with Crippen LogP contribution in [0.5, 0.6) is 5.75 Å². The summed E-state index contributed by atoms with van der Waals surface area (Å²) in [6.45, 7) is 1.86. The van der Waals surface area contributed by atoms with Gasteiger partial charge in [0.05, 0.1) is 12.0 Å². The van der Waals surface area contributed by atoms with Gasteiger partial charge in [-0.15, -0.1) is 0 Å². The predicted molar refractivity (Wildman–Crippen MR) is 108 cm³/mol. The van der Waals surface area contributed by atoms with Crippen molar-refractivity contribution >= 4 is 17.9 Å². The van der Waals surface area contributed by atoms with Gasteiger partial charge in [-0.3, -0.25) is 9.59 Å². The maximum absolute atomic E-state index is 12.9. The van der Waals surface area contributed by atoms with Crippen molar-refractivity contribution in [1.29, 1.82) is 0 Å². The van der Waals surface area contributed by atoms with Crippen LogP contribution in [0.3, 0.4) is 0 Å². The zero-order chi connectivity index (χ0) is 20.2. The minimum atomic E-state index is -0.310. The normalized spacial score (nSPS) is 15.8. The first kappa shape index (κ1) is 18.7. The molecule has 0 saturated heterocycles. The molecule has 1 aromatic heterocycles. The lowest BCUT2D eigenvalue weighted by atomic mass is 10.0. The third-order valence-electron chi connectivity index (χ3n) is 4.80. The molecule has 1 unspecified atom stereocenters. The molecule has 0 N–H and O–H groups in total. The van der Waals surface area contributed by atoms with Gasteiger partial charge in [-0.25, -0.2) is 5.01 Å². The summed E-state index contributed by atoms with van der Waals surface area (Å²) in [6, 6.07) is 18.0. The fourth-order valence-corrected chi connectivity index (χ4v) is 3.22. The van der Waals surface area contributed by atoms with Crippen molar-refractivity contribution in [2.45, 2.75) is 19.4 Å². The van der Waals surface area contributed by atoms with E-state index < -0.39 is 0 Å². The van der Waals surface area contributed by atoms with Gasteiger partial charge in [0.25, 0.3) is 5.91 Å². The van der Waals surface area contributed by atoms with Gasteiger partial charge < -0.3 is 9.15 Å². The summed E-state index contributed by atoms with van der Waals surface area (Å²) in [7, 11) is 0. The fraction of sp³-hybridized carbons (Fsp3) is 0.174. The Bertz CT molecular complexity index is 1020. The van der Waals surface area contributed by atoms with E-state index in [1.165, 1.54) is 5.01 Å². The van der Waals surface area contributed by atoms with Gasteiger partial charge in [0.1, 0.15) is 23.8 Å². The van der Waals surface area contributed by atoms with Gasteiger partial charge >= 0.3 is 0 Å². The van der Waals surface area contributed by atoms with Crippen molar-refractivity contribution < 1.29 is 18.7 Å². The van der Waals surface area contributed by atoms with Crippen LogP contribution in [0.15, 0.2) is 76.4 Å². The Balaban J connectivity index is 1.52. The van der Waals surface area contributed by atoms with Crippen molar-refractivity contribution in [1.82, 2.24) is 5.01 Å². The maximum Gasteiger partial charge on any atom is 0.281 e. The smallest absolute Gasteiger partial charge is 0.281 e. The summed E-state index contributed by atoms with van der Waals surface area (Å²) in [5.74, 6) is 0.924. The number of nitrogens with zero attached hydrogens (tertiary/aromatic N) is 2. The van der Waals surface area contributed by atoms with Crippen LogP contribution < -0.4 is 4.74 Å². The summed E-state index contributed by atoms with van der Waals surface area (Å²) in [5, 5.41) is 6.02. The molecule has 1 aliphatic heterocycles. The minimum absolute atomic E-state index is 0.164. The third kappa shape index (κ3) is 4.11. The topological polar surface area (TPSA) is 72.1 Å². The van der Waals surface area contributed by atoms with E-state index in [9.17, 15) is 9.59 Å². The molecule has 4 rings (SSSR count). The average Bonchev–Trinajstić information content (AvgIpc) is 3.43. The fourth-order valence-electron chi connectivity index (χ4n) is 3.22. The highest BCUT2D eigenvalue weighted by Crippen LogP contribution is 2.33. The molecule has 0 radical (unpaired) electrons. The third-order valence-corrected chi connectivity index (χ3v) is 4.80. The molecule has 2 aromatic carbocycles. The SMILES string of the molecule is Cc1ccc(C2=NN(C(=O)COc3ccc(C=O)cc3)C(c3ccco3)C2)cc1. The van der Waals surface area contributed by atoms with Crippen LogP contribution in [0, 0.1) is 6.92 Å². The molecule has 3 aromatic rings. The first-order valence-electron chi connectivity index (χ1n) is 9.32. The highest BCUT2D eigenvalue weighted by Gasteiger charge is 2.35. The van der Waals surface area contributed by atoms with E-state index in [1.54, 1.807) is 36.6 Å². The minimum Gasteiger partial charge on any atom is -0.484 e. The van der Waals surface area contributed by atoms with Gasteiger partial charge in [0, 0.05) is 12.0 Å². The van der Waals surface area contributed by atoms with Gasteiger partial charge in [0.2, 0.25) is 0 Å². The van der Waals surface area contributed by atoms with Crippen LogP contribution in [-0.4, -0.2) is 29.5 Å². The maximum atomic E-state index is 12.9. The van der Waals surface area contributed by atoms with E-state index in [0.29, 0.717) is 23.5 Å². The van der Waals surface area contributed by atoms with Crippen LogP contribution in [0.2, 0.25) is 0 Å². The van der Waals surface area contributed by atoms with E-state index in [0.717, 1.165) is 23.1 Å². The average molecular weight is 388 g/mol. The summed E-state index contributed by atoms with van der Waals surface area (Å²) in [4.78, 5) is 23.6. The predicted octanol–water partition coefficient (Wildman–Crippen LogP) is 4.16. The van der Waals surface area contributed by atoms with Crippen molar-refractivity contribution in [2.24, 2.45) is 5.10 Å². The van der Waals surface area contributed by atoms with Crippen molar-refractivity contribution in [2.75, 3.05) is 6.61 Å². The van der Waals surface area contributed by atoms with Crippen LogP contribution in [0.1, 0.15) is 39.7 Å². The Labute approximate surface area is 168 Å². The van der Waals surface area contributed by atoms with E-state index >= 15 is 0 Å². The lowest BCUT2D eigenvalue weighted by Crippen LogP contribution is -2.31. The number of hydrogen-bond donors (Lipinski definition) is 0. The number of rotatable bonds is 6. The van der Waals surface area contributed by atoms with Gasteiger partial charge in [-0.1, -0.05) is 29.8 Å². The Morgan fingerprint density at radius 1 is 1.17 bits per heavy atom. The monoisotopic (exact) mass is 388 g/mol. The number of carbonyl (C=O) groups is 2. The molecule has 1 atom stereocenters. The van der Waals surface area contributed by atoms with E-state index in [2.05, 4.69) is 5.10 Å². The largest absolute Gasteiger partial charge is 0.484 e. The lowest BCUT2D eigenvalue weighted by Gasteiger charge is -2.20. The molecule has 0 bridgehead atoms. The summed E-state index contributed by atoms with van der Waals surface area (Å²) < 4.78 is 11.1. The molecule has 0 fully saturated rings. The number of hydrogen-bond acceptors (Lipinski definition) is 5. The highest BCUT2D eigenvalue weighted by molar-refractivity contribution is 6.03. The quantitative estimate of drug-likeness (QED) is 0.595. The molecule has 1 aliphatic rings. The number of furan rings is 1. The molecule has 0 saturated carbocycles. The van der Waals surface area contributed by atoms with Crippen LogP contribution >= 0.6 is 0 Å². The van der Waals surface area contributed by atoms with Crippen molar-refractivity contribution in [3.05, 3.63) is 89.4 Å². The Morgan fingerprint density at radius 3 is 2.59 bits per heavy atom. The van der Waals surface area contributed by atoms with Crippen molar-refractivity contribution in [3.8, 4) is 5.75 Å². The molecular formula is C23H20N2O4. The van der Waals surface area contributed by atoms with Crippen LogP contribution in [-0.2, 0) is 4.79 Å². The lowest BCUT2D eigenvalue weighted by molar-refractivity contribution is -0.135. The molecule has 0 spiro atoms. The van der Waals surface area contributed by atoms with Crippen molar-refractivity contribution in [3.63, 3.8) is 0 Å². The number of aldehydes is 1. The Kier molecular flexibility index (Phi) is 5.24. The molecule has 6 nitrogen and oxygen atoms in total. The molecule has 0 aliphatic carbocycles. The van der Waals surface area contributed by atoms with Gasteiger partial charge in [-0.05, 0) is 48.9 Å². The first-order chi connectivity index (χ1) is 14.1. The second-order valence-corrected chi connectivity index (χ2v) is 6.86. The molecule has 2 heterocycles. The summed E-state index contributed by atoms with van der Waals surface area (Å²) in [6.07, 6.45) is 2.91. The zero-order valence-corrected chi connectivity index (χ0v) is 15.9. The number of hydrazone groups is 1. The zero-order valence-electron chi connectivity index (χ0n) is 15.9. The molecule has 6 heteroatoms. The second-order valence-electron chi connectivity index (χ2n) is 6.86. The first-order valence-corrected chi connectivity index (χ1v) is 9.32. The number of carbonyl (C=O) groups excluding carboxylic acids is 2. The van der Waals surface area contributed by atoms with Gasteiger partial charge in [-0.2, -0.15) is 5.10 Å². The van der Waals surface area contributed by atoms with E-state index in [4.69, 9.17) is 9.15 Å². The van der Waals surface area contributed by atoms with Gasteiger partial charge in [0.15, 0.2) is 6.61 Å². The standard InChI is InChI=1S/C23H20N2O4/c1-16-4-8-18(9-5-16)20-13-21(22-3-2-12-28-22)25(24-20)23(27)15-29-19-10-6-17(14-26)7-11-19/h2-12,14,21H,13,15H2,1H3. The highest BCUT2D eigenvalue weighted by atomic mass is 16.5. The number of ether oxygens (including phenoxy) is 1. The molecule has 1 amide bonds. The van der Waals surface area contributed by atoms with E-state index in [1.807, 2.05) is 37.3 Å². The number of aryl methyl sites for hydroxylation is 1. The summed E-state index contributed by atoms with van der Waals surface area (Å²) in [5.41, 5.74) is 3.52. The molecule has 146 valence electrons. The Hall–Kier alpha value is -3.67. The van der Waals surface area contributed by atoms with E-state index in [-0.39, 0.29) is 18.6 Å².